The van der Waals surface area contributed by atoms with Crippen LogP contribution in [-0.2, 0) is 15.5 Å². The highest BCUT2D eigenvalue weighted by molar-refractivity contribution is 8.55. The molecule has 0 amide bonds. The van der Waals surface area contributed by atoms with E-state index in [1.165, 1.54) is 11.4 Å². The number of fused-ring (bicyclic) bond motifs is 1. The normalized spacial score (nSPS) is 16.4. The van der Waals surface area contributed by atoms with Gasteiger partial charge in [0.2, 0.25) is 0 Å². The van der Waals surface area contributed by atoms with E-state index >= 15 is 0 Å². The number of thioether (sulfide) groups is 1. The Hall–Kier alpha value is -0.420. The third kappa shape index (κ3) is 3.91. The molecule has 1 aliphatic carbocycles. The van der Waals surface area contributed by atoms with Crippen molar-refractivity contribution in [3.63, 3.8) is 0 Å². The van der Waals surface area contributed by atoms with E-state index in [-0.39, 0.29) is 5.78 Å². The SMILES string of the molecule is CCCSP(=O)(OCC)Oc1ccc(SC)c2c1CCC2=O. The van der Waals surface area contributed by atoms with Gasteiger partial charge in [-0.2, -0.15) is 0 Å². The van der Waals surface area contributed by atoms with E-state index in [9.17, 15) is 9.36 Å². The quantitative estimate of drug-likeness (QED) is 0.469. The van der Waals surface area contributed by atoms with E-state index in [1.807, 2.05) is 19.2 Å². The second-order valence-corrected chi connectivity index (χ2v) is 9.80. The predicted molar refractivity (Wildman–Crippen MR) is 93.5 cm³/mol. The van der Waals surface area contributed by atoms with Crippen LogP contribution in [0.3, 0.4) is 0 Å². The molecule has 1 aromatic carbocycles. The van der Waals surface area contributed by atoms with Crippen LogP contribution >= 0.6 is 29.9 Å². The molecule has 0 saturated heterocycles. The van der Waals surface area contributed by atoms with Gasteiger partial charge in [-0.1, -0.05) is 6.92 Å². The van der Waals surface area contributed by atoms with E-state index in [1.54, 1.807) is 24.8 Å². The number of hydrogen-bond donors (Lipinski definition) is 0. The van der Waals surface area contributed by atoms with Crippen molar-refractivity contribution >= 4 is 35.7 Å². The average Bonchev–Trinajstić information content (AvgIpc) is 2.89. The monoisotopic (exact) mass is 360 g/mol. The summed E-state index contributed by atoms with van der Waals surface area (Å²) in [6, 6.07) is 3.67. The Kier molecular flexibility index (Phi) is 6.45. The van der Waals surface area contributed by atoms with Gasteiger partial charge in [0, 0.05) is 28.2 Å². The standard InChI is InChI=1S/C15H21O4PS2/c1-4-10-22-20(17,18-5-2)19-13-8-9-14(21-3)15-11(13)6-7-12(15)16/h8-9H,4-7,10H2,1-3H3. The summed E-state index contributed by atoms with van der Waals surface area (Å²) in [7, 11) is 0. The number of carbonyl (C=O) groups excluding carboxylic acids is 1. The largest absolute Gasteiger partial charge is 0.440 e. The van der Waals surface area contributed by atoms with Crippen molar-refractivity contribution in [2.45, 2.75) is 38.0 Å². The first-order valence-electron chi connectivity index (χ1n) is 7.36. The number of ketones is 1. The van der Waals surface area contributed by atoms with Crippen LogP contribution in [0.1, 0.15) is 42.6 Å². The molecule has 1 aromatic rings. The van der Waals surface area contributed by atoms with Crippen LogP contribution in [0.25, 0.3) is 0 Å². The fraction of sp³-hybridized carbons (Fsp3) is 0.533. The van der Waals surface area contributed by atoms with Gasteiger partial charge < -0.3 is 4.52 Å². The molecule has 4 nitrogen and oxygen atoms in total. The maximum atomic E-state index is 12.8. The van der Waals surface area contributed by atoms with Gasteiger partial charge in [-0.3, -0.25) is 9.32 Å². The van der Waals surface area contributed by atoms with E-state index < -0.39 is 6.80 Å². The van der Waals surface area contributed by atoms with Crippen LogP contribution in [0.2, 0.25) is 0 Å². The van der Waals surface area contributed by atoms with Crippen LogP contribution in [0.4, 0.5) is 0 Å². The average molecular weight is 360 g/mol. The fourth-order valence-electron chi connectivity index (χ4n) is 2.35. The lowest BCUT2D eigenvalue weighted by molar-refractivity contribution is 0.0992. The number of carbonyl (C=O) groups is 1. The summed E-state index contributed by atoms with van der Waals surface area (Å²) in [6.45, 7) is 0.916. The predicted octanol–water partition coefficient (Wildman–Crippen LogP) is 5.20. The first-order valence-corrected chi connectivity index (χ1v) is 11.7. The van der Waals surface area contributed by atoms with Crippen LogP contribution in [0, 0.1) is 0 Å². The van der Waals surface area contributed by atoms with Gasteiger partial charge in [-0.25, -0.2) is 4.57 Å². The molecule has 0 aliphatic heterocycles. The van der Waals surface area contributed by atoms with Gasteiger partial charge in [0.25, 0.3) is 0 Å². The van der Waals surface area contributed by atoms with Crippen LogP contribution in [0.5, 0.6) is 5.75 Å². The Morgan fingerprint density at radius 1 is 1.27 bits per heavy atom. The number of Topliss-reactive ketones (excluding diaryl/α,β-unsaturated/α-hetero) is 1. The topological polar surface area (TPSA) is 52.6 Å². The van der Waals surface area contributed by atoms with Gasteiger partial charge in [0.15, 0.2) is 5.78 Å². The lowest BCUT2D eigenvalue weighted by atomic mass is 10.1. The molecule has 0 aromatic heterocycles. The van der Waals surface area contributed by atoms with E-state index in [2.05, 4.69) is 0 Å². The summed E-state index contributed by atoms with van der Waals surface area (Å²) < 4.78 is 24.0. The highest BCUT2D eigenvalue weighted by atomic mass is 32.7. The van der Waals surface area contributed by atoms with E-state index in [0.29, 0.717) is 31.0 Å². The molecule has 1 unspecified atom stereocenters. The minimum atomic E-state index is -3.23. The molecule has 0 N–H and O–H groups in total. The molecule has 2 rings (SSSR count). The lowest BCUT2D eigenvalue weighted by Gasteiger charge is -2.19. The van der Waals surface area contributed by atoms with Gasteiger partial charge in [0.05, 0.1) is 6.61 Å². The molecule has 7 heteroatoms. The summed E-state index contributed by atoms with van der Waals surface area (Å²) >= 11 is 2.77. The highest BCUT2D eigenvalue weighted by Gasteiger charge is 2.32. The summed E-state index contributed by atoms with van der Waals surface area (Å²) in [5, 5.41) is 0. The van der Waals surface area contributed by atoms with Gasteiger partial charge in [-0.05, 0) is 49.5 Å². The molecular formula is C15H21O4PS2. The van der Waals surface area contributed by atoms with E-state index in [0.717, 1.165) is 22.4 Å². The molecule has 122 valence electrons. The zero-order valence-corrected chi connectivity index (χ0v) is 15.6. The Morgan fingerprint density at radius 3 is 2.68 bits per heavy atom. The Balaban J connectivity index is 2.33. The zero-order valence-electron chi connectivity index (χ0n) is 13.1. The molecule has 0 saturated carbocycles. The molecule has 1 atom stereocenters. The van der Waals surface area contributed by atoms with Crippen molar-refractivity contribution in [2.75, 3.05) is 18.6 Å². The fourth-order valence-corrected chi connectivity index (χ4v) is 6.47. The second-order valence-electron chi connectivity index (χ2n) is 4.83. The van der Waals surface area contributed by atoms with Crippen molar-refractivity contribution in [1.82, 2.24) is 0 Å². The van der Waals surface area contributed by atoms with Crippen LogP contribution < -0.4 is 4.52 Å². The minimum absolute atomic E-state index is 0.136. The molecule has 0 spiro atoms. The van der Waals surface area contributed by atoms with E-state index in [4.69, 9.17) is 9.05 Å². The van der Waals surface area contributed by atoms with Crippen molar-refractivity contribution in [3.05, 3.63) is 23.3 Å². The molecule has 0 heterocycles. The smallest absolute Gasteiger partial charge is 0.417 e. The minimum Gasteiger partial charge on any atom is -0.417 e. The molecule has 1 aliphatic rings. The molecular weight excluding hydrogens is 339 g/mol. The van der Waals surface area contributed by atoms with Gasteiger partial charge in [0.1, 0.15) is 5.75 Å². The van der Waals surface area contributed by atoms with Gasteiger partial charge in [-0.15, -0.1) is 11.8 Å². The third-order valence-corrected chi connectivity index (χ3v) is 8.00. The summed E-state index contributed by atoms with van der Waals surface area (Å²) in [5.74, 6) is 1.37. The van der Waals surface area contributed by atoms with Crippen molar-refractivity contribution < 1.29 is 18.4 Å². The highest BCUT2D eigenvalue weighted by Crippen LogP contribution is 2.61. The lowest BCUT2D eigenvalue weighted by Crippen LogP contribution is -2.00. The maximum absolute atomic E-state index is 12.8. The van der Waals surface area contributed by atoms with Crippen LogP contribution in [0.15, 0.2) is 17.0 Å². The summed E-state index contributed by atoms with van der Waals surface area (Å²) in [5.41, 5.74) is 1.60. The molecule has 0 radical (unpaired) electrons. The second kappa shape index (κ2) is 7.91. The summed E-state index contributed by atoms with van der Waals surface area (Å²) in [6.07, 6.45) is 3.98. The number of rotatable bonds is 8. The zero-order chi connectivity index (χ0) is 16.2. The Labute approximate surface area is 140 Å². The molecule has 22 heavy (non-hydrogen) atoms. The van der Waals surface area contributed by atoms with Crippen LogP contribution in [-0.4, -0.2) is 24.4 Å². The van der Waals surface area contributed by atoms with Gasteiger partial charge >= 0.3 is 6.80 Å². The van der Waals surface area contributed by atoms with Crippen molar-refractivity contribution in [1.29, 1.82) is 0 Å². The van der Waals surface area contributed by atoms with Crippen molar-refractivity contribution in [3.8, 4) is 5.75 Å². The molecule has 0 bridgehead atoms. The first kappa shape index (κ1) is 17.9. The third-order valence-electron chi connectivity index (χ3n) is 3.28. The maximum Gasteiger partial charge on any atom is 0.440 e. The molecule has 0 fully saturated rings. The van der Waals surface area contributed by atoms with Crippen molar-refractivity contribution in [2.24, 2.45) is 0 Å². The number of benzene rings is 1. The Bertz CT molecular complexity index is 603. The Morgan fingerprint density at radius 2 is 2.05 bits per heavy atom. The summed E-state index contributed by atoms with van der Waals surface area (Å²) in [4.78, 5) is 13.0. The number of hydrogen-bond acceptors (Lipinski definition) is 6. The first-order chi connectivity index (χ1) is 10.5.